The van der Waals surface area contributed by atoms with Gasteiger partial charge >= 0.3 is 6.09 Å². The van der Waals surface area contributed by atoms with Crippen LogP contribution in [0.4, 0.5) is 4.79 Å². The van der Waals surface area contributed by atoms with Crippen LogP contribution < -0.4 is 0 Å². The number of nitrogens with zero attached hydrogens (tertiary/aromatic N) is 2. The lowest BCUT2D eigenvalue weighted by molar-refractivity contribution is 0.0145. The summed E-state index contributed by atoms with van der Waals surface area (Å²) in [5.41, 5.74) is -0.414. The number of rotatable bonds is 4. The molecule has 0 spiro atoms. The molecule has 1 fully saturated rings. The molecule has 112 valence electrons. The fraction of sp³-hybridized carbons (Fsp3) is 0.929. The molecule has 0 aromatic heterocycles. The van der Waals surface area contributed by atoms with Crippen molar-refractivity contribution in [2.45, 2.75) is 45.3 Å². The number of methoxy groups -OCH3 is 1. The van der Waals surface area contributed by atoms with E-state index in [9.17, 15) is 4.79 Å². The molecule has 1 aliphatic rings. The van der Waals surface area contributed by atoms with E-state index in [-0.39, 0.29) is 6.09 Å². The molecule has 19 heavy (non-hydrogen) atoms. The van der Waals surface area contributed by atoms with Crippen LogP contribution in [0.2, 0.25) is 0 Å². The SMILES string of the molecule is COCCN(C)C1CCN(C(=O)OC(C)(C)C)CC1. The first-order chi connectivity index (χ1) is 8.83. The summed E-state index contributed by atoms with van der Waals surface area (Å²) in [7, 11) is 3.84. The molecule has 1 aliphatic heterocycles. The molecule has 1 saturated heterocycles. The van der Waals surface area contributed by atoms with Gasteiger partial charge in [-0.25, -0.2) is 4.79 Å². The highest BCUT2D eigenvalue weighted by atomic mass is 16.6. The summed E-state index contributed by atoms with van der Waals surface area (Å²) in [5.74, 6) is 0. The molecule has 0 saturated carbocycles. The number of hydrogen-bond donors (Lipinski definition) is 0. The summed E-state index contributed by atoms with van der Waals surface area (Å²) < 4.78 is 10.5. The molecule has 0 unspecified atom stereocenters. The van der Waals surface area contributed by atoms with E-state index in [0.717, 1.165) is 39.1 Å². The van der Waals surface area contributed by atoms with Gasteiger partial charge in [0.25, 0.3) is 0 Å². The molecular formula is C14H28N2O3. The van der Waals surface area contributed by atoms with Gasteiger partial charge in [-0.15, -0.1) is 0 Å². The van der Waals surface area contributed by atoms with Crippen molar-refractivity contribution in [1.82, 2.24) is 9.80 Å². The largest absolute Gasteiger partial charge is 0.444 e. The number of likely N-dealkylation sites (N-methyl/N-ethyl adjacent to an activating group) is 1. The molecule has 0 aliphatic carbocycles. The normalized spacial score (nSPS) is 17.9. The Kier molecular flexibility index (Phi) is 6.07. The van der Waals surface area contributed by atoms with Crippen LogP contribution in [0, 0.1) is 0 Å². The van der Waals surface area contributed by atoms with Crippen LogP contribution in [0.5, 0.6) is 0 Å². The second-order valence-corrected chi connectivity index (χ2v) is 6.17. The maximum absolute atomic E-state index is 11.9. The van der Waals surface area contributed by atoms with Crippen molar-refractivity contribution in [2.75, 3.05) is 40.4 Å². The molecule has 0 atom stereocenters. The lowest BCUT2D eigenvalue weighted by Gasteiger charge is -2.37. The van der Waals surface area contributed by atoms with Gasteiger partial charge in [-0.05, 0) is 40.7 Å². The highest BCUT2D eigenvalue weighted by Crippen LogP contribution is 2.18. The summed E-state index contributed by atoms with van der Waals surface area (Å²) in [5, 5.41) is 0. The fourth-order valence-corrected chi connectivity index (χ4v) is 2.23. The number of likely N-dealkylation sites (tertiary alicyclic amines) is 1. The van der Waals surface area contributed by atoms with E-state index in [4.69, 9.17) is 9.47 Å². The molecule has 0 bridgehead atoms. The molecule has 5 nitrogen and oxygen atoms in total. The van der Waals surface area contributed by atoms with Crippen molar-refractivity contribution in [3.63, 3.8) is 0 Å². The average Bonchev–Trinajstić information content (AvgIpc) is 2.34. The smallest absolute Gasteiger partial charge is 0.410 e. The summed E-state index contributed by atoms with van der Waals surface area (Å²) in [6, 6.07) is 0.536. The maximum atomic E-state index is 11.9. The molecule has 0 radical (unpaired) electrons. The Hall–Kier alpha value is -0.810. The zero-order valence-electron chi connectivity index (χ0n) is 12.9. The molecule has 0 N–H and O–H groups in total. The zero-order chi connectivity index (χ0) is 14.5. The number of carbonyl (C=O) groups excluding carboxylic acids is 1. The third-order valence-corrected chi connectivity index (χ3v) is 3.39. The summed E-state index contributed by atoms with van der Waals surface area (Å²) in [6.07, 6.45) is 1.81. The molecule has 1 rings (SSSR count). The van der Waals surface area contributed by atoms with E-state index in [1.54, 1.807) is 7.11 Å². The van der Waals surface area contributed by atoms with Crippen molar-refractivity contribution in [2.24, 2.45) is 0 Å². The highest BCUT2D eigenvalue weighted by molar-refractivity contribution is 5.68. The van der Waals surface area contributed by atoms with Gasteiger partial charge in [0.1, 0.15) is 5.60 Å². The first-order valence-electron chi connectivity index (χ1n) is 7.00. The van der Waals surface area contributed by atoms with Crippen molar-refractivity contribution in [1.29, 1.82) is 0 Å². The third kappa shape index (κ3) is 5.78. The van der Waals surface area contributed by atoms with E-state index >= 15 is 0 Å². The van der Waals surface area contributed by atoms with E-state index in [2.05, 4.69) is 11.9 Å². The first-order valence-corrected chi connectivity index (χ1v) is 7.00. The standard InChI is InChI=1S/C14H28N2O3/c1-14(2,3)19-13(17)16-8-6-12(7-9-16)15(4)10-11-18-5/h12H,6-11H2,1-5H3. The Morgan fingerprint density at radius 1 is 1.32 bits per heavy atom. The van der Waals surface area contributed by atoms with Gasteiger partial charge in [0.2, 0.25) is 0 Å². The van der Waals surface area contributed by atoms with Crippen LogP contribution in [0.3, 0.4) is 0 Å². The van der Waals surface area contributed by atoms with Crippen LogP contribution in [0.15, 0.2) is 0 Å². The van der Waals surface area contributed by atoms with E-state index in [1.165, 1.54) is 0 Å². The van der Waals surface area contributed by atoms with Gasteiger partial charge in [0.15, 0.2) is 0 Å². The van der Waals surface area contributed by atoms with Crippen LogP contribution in [0.25, 0.3) is 0 Å². The quantitative estimate of drug-likeness (QED) is 0.784. The molecular weight excluding hydrogens is 244 g/mol. The second kappa shape index (κ2) is 7.10. The highest BCUT2D eigenvalue weighted by Gasteiger charge is 2.28. The number of amides is 1. The third-order valence-electron chi connectivity index (χ3n) is 3.39. The minimum atomic E-state index is -0.414. The molecule has 0 aromatic rings. The van der Waals surface area contributed by atoms with Crippen LogP contribution in [0.1, 0.15) is 33.6 Å². The van der Waals surface area contributed by atoms with Crippen LogP contribution >= 0.6 is 0 Å². The van der Waals surface area contributed by atoms with E-state index < -0.39 is 5.60 Å². The average molecular weight is 272 g/mol. The summed E-state index contributed by atoms with van der Waals surface area (Å²) in [4.78, 5) is 16.1. The van der Waals surface area contributed by atoms with Gasteiger partial charge in [0, 0.05) is 32.8 Å². The van der Waals surface area contributed by atoms with Crippen LogP contribution in [-0.4, -0.2) is 67.9 Å². The van der Waals surface area contributed by atoms with Gasteiger partial charge in [-0.2, -0.15) is 0 Å². The van der Waals surface area contributed by atoms with Crippen molar-refractivity contribution < 1.29 is 14.3 Å². The van der Waals surface area contributed by atoms with Gasteiger partial charge in [-0.3, -0.25) is 0 Å². The molecule has 1 amide bonds. The Labute approximate surface area is 116 Å². The Morgan fingerprint density at radius 3 is 2.37 bits per heavy atom. The molecule has 0 aromatic carbocycles. The minimum Gasteiger partial charge on any atom is -0.444 e. The predicted molar refractivity (Wildman–Crippen MR) is 75.3 cm³/mol. The lowest BCUT2D eigenvalue weighted by atomic mass is 10.0. The molecule has 1 heterocycles. The second-order valence-electron chi connectivity index (χ2n) is 6.17. The van der Waals surface area contributed by atoms with Gasteiger partial charge in [-0.1, -0.05) is 0 Å². The van der Waals surface area contributed by atoms with E-state index in [0.29, 0.717) is 6.04 Å². The fourth-order valence-electron chi connectivity index (χ4n) is 2.23. The number of hydrogen-bond acceptors (Lipinski definition) is 4. The minimum absolute atomic E-state index is 0.189. The number of carbonyl (C=O) groups is 1. The van der Waals surface area contributed by atoms with Gasteiger partial charge in [0.05, 0.1) is 6.61 Å². The zero-order valence-corrected chi connectivity index (χ0v) is 12.9. The lowest BCUT2D eigenvalue weighted by Crippen LogP contribution is -2.47. The summed E-state index contributed by atoms with van der Waals surface area (Å²) in [6.45, 7) is 8.94. The maximum Gasteiger partial charge on any atom is 0.410 e. The topological polar surface area (TPSA) is 42.0 Å². The van der Waals surface area contributed by atoms with Crippen molar-refractivity contribution in [3.8, 4) is 0 Å². The van der Waals surface area contributed by atoms with Gasteiger partial charge < -0.3 is 19.3 Å². The van der Waals surface area contributed by atoms with Crippen molar-refractivity contribution >= 4 is 6.09 Å². The van der Waals surface area contributed by atoms with Crippen LogP contribution in [-0.2, 0) is 9.47 Å². The van der Waals surface area contributed by atoms with E-state index in [1.807, 2.05) is 25.7 Å². The number of piperidine rings is 1. The Morgan fingerprint density at radius 2 is 1.89 bits per heavy atom. The Balaban J connectivity index is 2.34. The number of ether oxygens (including phenoxy) is 2. The molecule has 5 heteroatoms. The predicted octanol–water partition coefficient (Wildman–Crippen LogP) is 1.96. The first kappa shape index (κ1) is 16.2. The summed E-state index contributed by atoms with van der Waals surface area (Å²) >= 11 is 0. The monoisotopic (exact) mass is 272 g/mol. The Bertz CT molecular complexity index is 281. The van der Waals surface area contributed by atoms with Crippen molar-refractivity contribution in [3.05, 3.63) is 0 Å².